The molecule has 11 aromatic rings. The largest absolute Gasteiger partial charge is 0.247 e. The fourth-order valence-electron chi connectivity index (χ4n) is 12.9. The second kappa shape index (κ2) is 12.3. The minimum absolute atomic E-state index is 0.372. The number of benzene rings is 10. The van der Waals surface area contributed by atoms with Crippen LogP contribution >= 0.6 is 0 Å². The summed E-state index contributed by atoms with van der Waals surface area (Å²) in [5, 5.41) is 3.58. The van der Waals surface area contributed by atoms with E-state index >= 15 is 0 Å². The molecule has 1 heterocycles. The molecule has 1 nitrogen and oxygen atoms in total. The highest BCUT2D eigenvalue weighted by atomic mass is 14.7. The van der Waals surface area contributed by atoms with Crippen LogP contribution in [0.4, 0.5) is 0 Å². The first-order valence-corrected chi connectivity index (χ1v) is 22.5. The zero-order valence-electron chi connectivity index (χ0n) is 34.8. The van der Waals surface area contributed by atoms with Crippen LogP contribution in [-0.2, 0) is 10.8 Å². The van der Waals surface area contributed by atoms with Crippen LogP contribution in [0, 0.1) is 0 Å². The third kappa shape index (κ3) is 4.05. The van der Waals surface area contributed by atoms with Crippen molar-refractivity contribution in [1.29, 1.82) is 0 Å². The maximum Gasteiger partial charge on any atom is 0.0788 e. The molecule has 0 amide bonds. The molecule has 0 atom stereocenters. The maximum atomic E-state index is 5.50. The van der Waals surface area contributed by atoms with Crippen LogP contribution in [0.2, 0.25) is 0 Å². The lowest BCUT2D eigenvalue weighted by atomic mass is 9.70. The zero-order chi connectivity index (χ0) is 41.7. The van der Waals surface area contributed by atoms with Gasteiger partial charge in [-0.2, -0.15) is 0 Å². The first-order valence-electron chi connectivity index (χ1n) is 22.5. The van der Waals surface area contributed by atoms with Gasteiger partial charge in [-0.3, -0.25) is 0 Å². The van der Waals surface area contributed by atoms with E-state index in [2.05, 4.69) is 224 Å². The molecule has 4 aliphatic carbocycles. The molecule has 0 aliphatic heterocycles. The van der Waals surface area contributed by atoms with Gasteiger partial charge in [0, 0.05) is 16.3 Å². The minimum atomic E-state index is -0.407. The van der Waals surface area contributed by atoms with Gasteiger partial charge < -0.3 is 0 Å². The Hall–Kier alpha value is -8.13. The van der Waals surface area contributed by atoms with E-state index in [0.29, 0.717) is 0 Å². The first-order chi connectivity index (χ1) is 31.8. The normalized spacial score (nSPS) is 14.5. The average Bonchev–Trinajstić information content (AvgIpc) is 4.05. The lowest BCUT2D eigenvalue weighted by molar-refractivity contribution is 0.794. The summed E-state index contributed by atoms with van der Waals surface area (Å²) < 4.78 is 0. The van der Waals surface area contributed by atoms with E-state index in [1.807, 2.05) is 0 Å². The molecule has 10 aromatic carbocycles. The second-order valence-electron chi connectivity index (χ2n) is 18.0. The number of hydrogen-bond acceptors (Lipinski definition) is 1. The van der Waals surface area contributed by atoms with Crippen molar-refractivity contribution in [1.82, 2.24) is 4.98 Å². The molecule has 0 bridgehead atoms. The molecule has 64 heavy (non-hydrogen) atoms. The standard InChI is InChI=1S/C63H37N/c1-8-24-51-41(16-1)42-17-2-9-25-52(42)62(51)56-29-13-6-22-47(56)60-40(23-15-30-57(60)62)38-32-34-39(35-33-38)61-50-36-49-45-20-5-12-28-55(45)63(58(49)37-48(50)46-21-7-14-31-59(46)64-61)53-26-10-3-18-43(53)44-19-4-11-27-54(44)63/h1-37H. The highest BCUT2D eigenvalue weighted by Gasteiger charge is 2.53. The molecule has 0 saturated carbocycles. The lowest BCUT2D eigenvalue weighted by Crippen LogP contribution is -2.25. The monoisotopic (exact) mass is 807 g/mol. The number of aromatic nitrogens is 1. The molecule has 0 radical (unpaired) electrons. The molecule has 4 aliphatic rings. The van der Waals surface area contributed by atoms with Gasteiger partial charge in [-0.05, 0) is 124 Å². The highest BCUT2D eigenvalue weighted by molar-refractivity contribution is 6.14. The minimum Gasteiger partial charge on any atom is -0.247 e. The molecule has 294 valence electrons. The second-order valence-corrected chi connectivity index (χ2v) is 18.0. The van der Waals surface area contributed by atoms with Crippen LogP contribution in [0.3, 0.4) is 0 Å². The fourth-order valence-corrected chi connectivity index (χ4v) is 12.9. The van der Waals surface area contributed by atoms with Crippen LogP contribution in [0.15, 0.2) is 224 Å². The summed E-state index contributed by atoms with van der Waals surface area (Å²) in [6.07, 6.45) is 0. The SMILES string of the molecule is c1ccc2c(c1)-c1ccccc1C21c2ccccc2-c2cc3c(-c4ccc(-c5cccc6c5-c5ccccc5C65c6ccccc6-c6ccccc65)cc4)nc4ccccc4c3cc21. The Morgan fingerprint density at radius 1 is 0.250 bits per heavy atom. The Morgan fingerprint density at radius 3 is 1.22 bits per heavy atom. The van der Waals surface area contributed by atoms with Crippen LogP contribution in [0.1, 0.15) is 44.5 Å². The molecule has 1 aromatic heterocycles. The van der Waals surface area contributed by atoms with E-state index in [-0.39, 0.29) is 5.41 Å². The van der Waals surface area contributed by atoms with E-state index in [0.717, 1.165) is 16.8 Å². The summed E-state index contributed by atoms with van der Waals surface area (Å²) in [5.41, 5.74) is 26.2. The lowest BCUT2D eigenvalue weighted by Gasteiger charge is -2.30. The fraction of sp³-hybridized carbons (Fsp3) is 0.0317. The van der Waals surface area contributed by atoms with Gasteiger partial charge in [0.15, 0.2) is 0 Å². The molecule has 0 unspecified atom stereocenters. The Morgan fingerprint density at radius 2 is 0.656 bits per heavy atom. The smallest absolute Gasteiger partial charge is 0.0788 e. The summed E-state index contributed by atoms with van der Waals surface area (Å²) in [5.74, 6) is 0. The van der Waals surface area contributed by atoms with E-state index in [1.54, 1.807) is 0 Å². The Kier molecular flexibility index (Phi) is 6.61. The third-order valence-electron chi connectivity index (χ3n) is 15.3. The summed E-state index contributed by atoms with van der Waals surface area (Å²) in [4.78, 5) is 5.50. The summed E-state index contributed by atoms with van der Waals surface area (Å²) in [6.45, 7) is 0. The van der Waals surface area contributed by atoms with Gasteiger partial charge in [-0.1, -0.05) is 206 Å². The Labute approximate surface area is 371 Å². The number of nitrogens with zero attached hydrogens (tertiary/aromatic N) is 1. The molecular formula is C63H37N. The van der Waals surface area contributed by atoms with Gasteiger partial charge in [0.05, 0.1) is 22.0 Å². The number of hydrogen-bond donors (Lipinski definition) is 0. The number of para-hydroxylation sites is 1. The Bertz CT molecular complexity index is 3760. The third-order valence-corrected chi connectivity index (χ3v) is 15.3. The predicted octanol–water partition coefficient (Wildman–Crippen LogP) is 15.4. The van der Waals surface area contributed by atoms with Gasteiger partial charge in [0.1, 0.15) is 0 Å². The average molecular weight is 808 g/mol. The van der Waals surface area contributed by atoms with Crippen LogP contribution in [0.25, 0.3) is 88.6 Å². The molecule has 0 saturated heterocycles. The van der Waals surface area contributed by atoms with Crippen molar-refractivity contribution in [3.63, 3.8) is 0 Å². The summed E-state index contributed by atoms with van der Waals surface area (Å²) in [6, 6.07) is 84.2. The molecule has 1 heteroatoms. The van der Waals surface area contributed by atoms with Crippen molar-refractivity contribution in [3.8, 4) is 66.9 Å². The van der Waals surface area contributed by atoms with Gasteiger partial charge in [0.2, 0.25) is 0 Å². The van der Waals surface area contributed by atoms with Gasteiger partial charge in [-0.15, -0.1) is 0 Å². The van der Waals surface area contributed by atoms with Gasteiger partial charge in [0.25, 0.3) is 0 Å². The molecular weight excluding hydrogens is 771 g/mol. The Balaban J connectivity index is 0.938. The van der Waals surface area contributed by atoms with E-state index < -0.39 is 5.41 Å². The molecule has 0 N–H and O–H groups in total. The van der Waals surface area contributed by atoms with Crippen LogP contribution in [-0.4, -0.2) is 4.98 Å². The maximum absolute atomic E-state index is 5.50. The molecule has 0 fully saturated rings. The number of rotatable bonds is 2. The van der Waals surface area contributed by atoms with Gasteiger partial charge in [-0.25, -0.2) is 4.98 Å². The summed E-state index contributed by atoms with van der Waals surface area (Å²) >= 11 is 0. The van der Waals surface area contributed by atoms with Crippen molar-refractivity contribution in [2.24, 2.45) is 0 Å². The number of fused-ring (bicyclic) bond motifs is 23. The van der Waals surface area contributed by atoms with Crippen molar-refractivity contribution in [2.45, 2.75) is 10.8 Å². The van der Waals surface area contributed by atoms with Gasteiger partial charge >= 0.3 is 0 Å². The predicted molar refractivity (Wildman–Crippen MR) is 263 cm³/mol. The van der Waals surface area contributed by atoms with E-state index in [9.17, 15) is 0 Å². The van der Waals surface area contributed by atoms with E-state index in [4.69, 9.17) is 4.98 Å². The van der Waals surface area contributed by atoms with Crippen molar-refractivity contribution >= 4 is 21.7 Å². The zero-order valence-corrected chi connectivity index (χ0v) is 34.8. The quantitative estimate of drug-likeness (QED) is 0.159. The van der Waals surface area contributed by atoms with Crippen LogP contribution < -0.4 is 0 Å². The topological polar surface area (TPSA) is 12.9 Å². The van der Waals surface area contributed by atoms with Crippen molar-refractivity contribution in [2.75, 3.05) is 0 Å². The van der Waals surface area contributed by atoms with Crippen molar-refractivity contribution < 1.29 is 0 Å². The van der Waals surface area contributed by atoms with E-state index in [1.165, 1.54) is 116 Å². The molecule has 15 rings (SSSR count). The van der Waals surface area contributed by atoms with Crippen LogP contribution in [0.5, 0.6) is 0 Å². The molecule has 2 spiro atoms. The first kappa shape index (κ1) is 34.5. The van der Waals surface area contributed by atoms with Crippen molar-refractivity contribution in [3.05, 3.63) is 269 Å². The summed E-state index contributed by atoms with van der Waals surface area (Å²) in [7, 11) is 0. The highest BCUT2D eigenvalue weighted by Crippen LogP contribution is 2.65. The number of pyridine rings is 1.